The molecular weight excluding hydrogens is 532 g/mol. The largest absolute Gasteiger partial charge is 0.493 e. The second-order valence-electron chi connectivity index (χ2n) is 11.1. The van der Waals surface area contributed by atoms with E-state index in [1.807, 2.05) is 55.5 Å². The number of benzene rings is 3. The van der Waals surface area contributed by atoms with Crippen molar-refractivity contribution in [3.05, 3.63) is 83.4 Å². The van der Waals surface area contributed by atoms with Gasteiger partial charge in [-0.15, -0.1) is 0 Å². The molecule has 2 unspecified atom stereocenters. The van der Waals surface area contributed by atoms with Gasteiger partial charge in [-0.05, 0) is 84.3 Å². The van der Waals surface area contributed by atoms with Crippen LogP contribution in [0.2, 0.25) is 0 Å². The molecule has 6 heteroatoms. The zero-order valence-electron chi connectivity index (χ0n) is 24.7. The van der Waals surface area contributed by atoms with E-state index in [0.717, 1.165) is 71.6 Å². The fourth-order valence-electron chi connectivity index (χ4n) is 5.03. The minimum absolute atomic E-state index is 0. The van der Waals surface area contributed by atoms with E-state index in [4.69, 9.17) is 14.2 Å². The minimum Gasteiger partial charge on any atom is -0.493 e. The fourth-order valence-corrected chi connectivity index (χ4v) is 6.19. The van der Waals surface area contributed by atoms with E-state index in [1.54, 1.807) is 0 Å². The molecule has 0 aromatic heterocycles. The number of hydrogen-bond donors (Lipinski definition) is 0. The molecule has 2 atom stereocenters. The van der Waals surface area contributed by atoms with Crippen LogP contribution in [-0.4, -0.2) is 24.1 Å². The molecule has 1 fully saturated rings. The summed E-state index contributed by atoms with van der Waals surface area (Å²) >= 11 is 1.15. The molecule has 1 saturated heterocycles. The van der Waals surface area contributed by atoms with Crippen molar-refractivity contribution < 1.29 is 25.2 Å². The summed E-state index contributed by atoms with van der Waals surface area (Å²) in [6, 6.07) is 21.9. The molecule has 4 rings (SSSR count). The summed E-state index contributed by atoms with van der Waals surface area (Å²) in [6.45, 7) is 9.63. The van der Waals surface area contributed by atoms with Crippen LogP contribution in [0.15, 0.2) is 66.7 Å². The number of carbonyl (C=O) groups is 2. The van der Waals surface area contributed by atoms with Crippen LogP contribution in [0.25, 0.3) is 0 Å². The molecular formula is C35H44O5S. The van der Waals surface area contributed by atoms with Gasteiger partial charge < -0.3 is 14.2 Å². The first kappa shape index (κ1) is 30.7. The lowest BCUT2D eigenvalue weighted by atomic mass is 9.92. The monoisotopic (exact) mass is 576 g/mol. The molecule has 0 amide bonds. The Morgan fingerprint density at radius 1 is 0.878 bits per heavy atom. The summed E-state index contributed by atoms with van der Waals surface area (Å²) in [5, 5.41) is -0.314. The Morgan fingerprint density at radius 3 is 2.24 bits per heavy atom. The average Bonchev–Trinajstić information content (AvgIpc) is 2.96. The van der Waals surface area contributed by atoms with Crippen LogP contribution >= 0.6 is 11.8 Å². The third kappa shape index (κ3) is 8.87. The highest BCUT2D eigenvalue weighted by atomic mass is 32.2. The van der Waals surface area contributed by atoms with Crippen molar-refractivity contribution in [1.82, 2.24) is 0 Å². The second-order valence-corrected chi connectivity index (χ2v) is 12.2. The molecule has 3 aromatic carbocycles. The zero-order chi connectivity index (χ0) is 29.2. The molecule has 0 saturated carbocycles. The standard InChI is InChI=1S/C35H42O5S.H2/c1-5-8-28-22-31(40-30-13-9-25(10-14-30)21-24(3)4)17-18-32(28)39-20-7-19-38-29-15-11-27(12-16-29)35-34(37)26(6-2)23-33(36)41-35;/h9-18,22,24,26,35H,5-8,19-21,23H2,1-4H3;1H. The maximum Gasteiger partial charge on any atom is 0.190 e. The number of rotatable bonds is 14. The number of carbonyl (C=O) groups excluding carboxylic acids is 2. The highest BCUT2D eigenvalue weighted by molar-refractivity contribution is 8.14. The van der Waals surface area contributed by atoms with Crippen molar-refractivity contribution in [2.24, 2.45) is 11.8 Å². The van der Waals surface area contributed by atoms with Crippen LogP contribution < -0.4 is 14.2 Å². The Bertz CT molecular complexity index is 1290. The highest BCUT2D eigenvalue weighted by Crippen LogP contribution is 2.40. The first-order valence-corrected chi connectivity index (χ1v) is 15.7. The predicted molar refractivity (Wildman–Crippen MR) is 168 cm³/mol. The van der Waals surface area contributed by atoms with Crippen molar-refractivity contribution in [3.8, 4) is 23.0 Å². The van der Waals surface area contributed by atoms with Gasteiger partial charge in [0.15, 0.2) is 10.9 Å². The van der Waals surface area contributed by atoms with E-state index >= 15 is 0 Å². The second kappa shape index (κ2) is 15.1. The summed E-state index contributed by atoms with van der Waals surface area (Å²) in [5.74, 6) is 3.88. The number of aryl methyl sites for hydroxylation is 1. The van der Waals surface area contributed by atoms with Gasteiger partial charge in [-0.25, -0.2) is 0 Å². The highest BCUT2D eigenvalue weighted by Gasteiger charge is 2.36. The van der Waals surface area contributed by atoms with Crippen molar-refractivity contribution in [2.75, 3.05) is 13.2 Å². The minimum atomic E-state index is -0.409. The van der Waals surface area contributed by atoms with Gasteiger partial charge in [0, 0.05) is 20.2 Å². The van der Waals surface area contributed by atoms with Gasteiger partial charge in [-0.1, -0.05) is 70.1 Å². The first-order chi connectivity index (χ1) is 19.9. The average molecular weight is 577 g/mol. The van der Waals surface area contributed by atoms with Gasteiger partial charge in [0.1, 0.15) is 23.0 Å². The Balaban J connectivity index is 0.00000484. The Hall–Kier alpha value is -3.25. The quantitative estimate of drug-likeness (QED) is 0.178. The molecule has 5 nitrogen and oxygen atoms in total. The maximum absolute atomic E-state index is 12.7. The fraction of sp³-hybridized carbons (Fsp3) is 0.429. The number of ketones is 1. The zero-order valence-corrected chi connectivity index (χ0v) is 25.5. The Morgan fingerprint density at radius 2 is 1.56 bits per heavy atom. The SMILES string of the molecule is CCCc1cc(Oc2ccc(CC(C)C)cc2)ccc1OCCCOc1ccc(C2SC(=O)CC(CC)C2=O)cc1.[HH]. The third-order valence-electron chi connectivity index (χ3n) is 7.17. The summed E-state index contributed by atoms with van der Waals surface area (Å²) < 4.78 is 18.2. The van der Waals surface area contributed by atoms with E-state index in [-0.39, 0.29) is 18.2 Å². The molecule has 220 valence electrons. The van der Waals surface area contributed by atoms with Gasteiger partial charge in [0.05, 0.1) is 18.5 Å². The van der Waals surface area contributed by atoms with Gasteiger partial charge in [0.2, 0.25) is 0 Å². The van der Waals surface area contributed by atoms with Crippen LogP contribution in [-0.2, 0) is 22.4 Å². The van der Waals surface area contributed by atoms with Crippen LogP contribution in [0.1, 0.15) is 76.7 Å². The number of ether oxygens (including phenoxy) is 3. The van der Waals surface area contributed by atoms with Crippen LogP contribution in [0, 0.1) is 11.8 Å². The van der Waals surface area contributed by atoms with Crippen molar-refractivity contribution in [3.63, 3.8) is 0 Å². The van der Waals surface area contributed by atoms with E-state index in [2.05, 4.69) is 39.0 Å². The van der Waals surface area contributed by atoms with Crippen LogP contribution in [0.5, 0.6) is 23.0 Å². The van der Waals surface area contributed by atoms with Gasteiger partial charge in [0.25, 0.3) is 0 Å². The smallest absolute Gasteiger partial charge is 0.190 e. The molecule has 3 aromatic rings. The summed E-state index contributed by atoms with van der Waals surface area (Å²) in [4.78, 5) is 24.8. The Labute approximate surface area is 250 Å². The maximum atomic E-state index is 12.7. The third-order valence-corrected chi connectivity index (χ3v) is 8.34. The van der Waals surface area contributed by atoms with Crippen molar-refractivity contribution in [1.29, 1.82) is 0 Å². The molecule has 1 aliphatic rings. The molecule has 1 aliphatic heterocycles. The lowest BCUT2D eigenvalue weighted by Crippen LogP contribution is -2.27. The van der Waals surface area contributed by atoms with E-state index in [1.165, 1.54) is 5.56 Å². The van der Waals surface area contributed by atoms with E-state index < -0.39 is 5.25 Å². The van der Waals surface area contributed by atoms with Crippen LogP contribution in [0.4, 0.5) is 0 Å². The van der Waals surface area contributed by atoms with Crippen molar-refractivity contribution >= 4 is 22.7 Å². The van der Waals surface area contributed by atoms with E-state index in [0.29, 0.717) is 32.0 Å². The van der Waals surface area contributed by atoms with Gasteiger partial charge in [-0.2, -0.15) is 0 Å². The molecule has 0 N–H and O–H groups in total. The predicted octanol–water partition coefficient (Wildman–Crippen LogP) is 9.02. The van der Waals surface area contributed by atoms with Gasteiger partial charge >= 0.3 is 0 Å². The molecule has 1 heterocycles. The first-order valence-electron chi connectivity index (χ1n) is 14.8. The normalized spacial score (nSPS) is 17.1. The topological polar surface area (TPSA) is 61.8 Å². The number of hydrogen-bond acceptors (Lipinski definition) is 6. The summed E-state index contributed by atoms with van der Waals surface area (Å²) in [7, 11) is 0. The summed E-state index contributed by atoms with van der Waals surface area (Å²) in [6.07, 6.45) is 4.78. The molecule has 0 spiro atoms. The number of Topliss-reactive ketones (excluding diaryl/α,β-unsaturated/α-hetero) is 1. The summed E-state index contributed by atoms with van der Waals surface area (Å²) in [5.41, 5.74) is 3.32. The molecule has 0 radical (unpaired) electrons. The molecule has 0 bridgehead atoms. The Kier molecular flexibility index (Phi) is 11.3. The van der Waals surface area contributed by atoms with Crippen LogP contribution in [0.3, 0.4) is 0 Å². The number of thioether (sulfide) groups is 1. The lowest BCUT2D eigenvalue weighted by Gasteiger charge is -2.25. The molecule has 41 heavy (non-hydrogen) atoms. The van der Waals surface area contributed by atoms with Gasteiger partial charge in [-0.3, -0.25) is 9.59 Å². The molecule has 0 aliphatic carbocycles. The van der Waals surface area contributed by atoms with E-state index in [9.17, 15) is 9.59 Å². The lowest BCUT2D eigenvalue weighted by molar-refractivity contribution is -0.126. The van der Waals surface area contributed by atoms with Crippen molar-refractivity contribution in [2.45, 2.75) is 71.5 Å².